The van der Waals surface area contributed by atoms with E-state index in [1.807, 2.05) is 0 Å². The van der Waals surface area contributed by atoms with E-state index in [0.717, 1.165) is 30.1 Å². The molecule has 1 saturated heterocycles. The number of fused-ring (bicyclic) bond motifs is 1. The average Bonchev–Trinajstić information content (AvgIpc) is 3.29. The second-order valence-corrected chi connectivity index (χ2v) is 9.71. The van der Waals surface area contributed by atoms with Gasteiger partial charge in [-0.1, -0.05) is 11.2 Å². The smallest absolute Gasteiger partial charge is 0.358 e. The van der Waals surface area contributed by atoms with E-state index < -0.39 is 53.9 Å². The highest BCUT2D eigenvalue weighted by Gasteiger charge is 2.54. The molecule has 39 heavy (non-hydrogen) atoms. The summed E-state index contributed by atoms with van der Waals surface area (Å²) < 4.78 is 14.5. The van der Waals surface area contributed by atoms with Gasteiger partial charge in [0.15, 0.2) is 10.8 Å². The maximum atomic E-state index is 13.1. The summed E-state index contributed by atoms with van der Waals surface area (Å²) in [5.74, 6) is -4.19. The number of hydrogen-bond donors (Lipinski definition) is 2. The molecule has 1 aromatic heterocycles. The van der Waals surface area contributed by atoms with Gasteiger partial charge < -0.3 is 30.1 Å². The van der Waals surface area contributed by atoms with Gasteiger partial charge in [-0.05, 0) is 11.6 Å². The van der Waals surface area contributed by atoms with Crippen molar-refractivity contribution in [3.05, 3.63) is 34.5 Å². The van der Waals surface area contributed by atoms with E-state index in [-0.39, 0.29) is 34.6 Å². The number of rotatable bonds is 10. The standard InChI is InChI=1S/C22H23N5O10S2/c1-10(28)34-6-4-5-13-7-38-20-16(19(32)27(20)17(13)21(33)36-9-35-11(2)29)25-18(31)15(26-37-12(3)30)14-8-39-22(23)24-14/h4-5,8,16,20H,6-7,9H2,1-3H3,(H2,23,24)(H,25,31)/b5-4+,26-15-/t16-,20-/m1/s1. The van der Waals surface area contributed by atoms with Crippen molar-refractivity contribution in [3.8, 4) is 0 Å². The minimum absolute atomic E-state index is 0.0333. The van der Waals surface area contributed by atoms with Crippen LogP contribution < -0.4 is 11.1 Å². The molecule has 208 valence electrons. The molecule has 0 aromatic carbocycles. The summed E-state index contributed by atoms with van der Waals surface area (Å²) in [7, 11) is 0. The molecule has 1 aromatic rings. The number of amides is 2. The zero-order valence-corrected chi connectivity index (χ0v) is 22.5. The van der Waals surface area contributed by atoms with Gasteiger partial charge in [-0.15, -0.1) is 23.1 Å². The Kier molecular flexibility index (Phi) is 9.78. The molecule has 15 nitrogen and oxygen atoms in total. The number of β-lactam (4-membered cyclic amide) rings is 1. The number of hydrogen-bond acceptors (Lipinski definition) is 15. The number of allylic oxidation sites excluding steroid dienone is 1. The van der Waals surface area contributed by atoms with Crippen molar-refractivity contribution in [1.82, 2.24) is 15.2 Å². The minimum Gasteiger partial charge on any atom is -0.462 e. The first kappa shape index (κ1) is 29.3. The summed E-state index contributed by atoms with van der Waals surface area (Å²) >= 11 is 2.27. The molecule has 3 rings (SSSR count). The Balaban J connectivity index is 1.81. The third kappa shape index (κ3) is 7.41. The quantitative estimate of drug-likeness (QED) is 0.0920. The van der Waals surface area contributed by atoms with Gasteiger partial charge >= 0.3 is 23.9 Å². The molecule has 2 aliphatic heterocycles. The summed E-state index contributed by atoms with van der Waals surface area (Å²) in [6.45, 7) is 2.72. The second-order valence-electron chi connectivity index (χ2n) is 7.72. The number of carbonyl (C=O) groups excluding carboxylic acids is 6. The van der Waals surface area contributed by atoms with E-state index in [1.54, 1.807) is 0 Å². The van der Waals surface area contributed by atoms with Crippen molar-refractivity contribution in [3.63, 3.8) is 0 Å². The number of thioether (sulfide) groups is 1. The Morgan fingerprint density at radius 1 is 1.15 bits per heavy atom. The number of ether oxygens (including phenoxy) is 3. The fraction of sp³-hybridized carbons (Fsp3) is 0.364. The lowest BCUT2D eigenvalue weighted by atomic mass is 10.0. The minimum atomic E-state index is -1.08. The molecular weight excluding hydrogens is 558 g/mol. The van der Waals surface area contributed by atoms with Gasteiger partial charge in [-0.3, -0.25) is 24.1 Å². The lowest BCUT2D eigenvalue weighted by molar-refractivity contribution is -0.166. The first-order valence-electron chi connectivity index (χ1n) is 11.1. The van der Waals surface area contributed by atoms with Gasteiger partial charge in [0.2, 0.25) is 6.79 Å². The van der Waals surface area contributed by atoms with Crippen molar-refractivity contribution in [2.75, 3.05) is 24.9 Å². The molecule has 3 heterocycles. The van der Waals surface area contributed by atoms with Gasteiger partial charge in [-0.25, -0.2) is 14.6 Å². The van der Waals surface area contributed by atoms with Crippen molar-refractivity contribution < 1.29 is 47.8 Å². The maximum absolute atomic E-state index is 13.1. The number of nitrogens with zero attached hydrogens (tertiary/aromatic N) is 3. The van der Waals surface area contributed by atoms with Crippen LogP contribution in [0.1, 0.15) is 26.5 Å². The number of oxime groups is 1. The van der Waals surface area contributed by atoms with Crippen LogP contribution in [0.2, 0.25) is 0 Å². The first-order chi connectivity index (χ1) is 18.5. The average molecular weight is 582 g/mol. The molecular formula is C22H23N5O10S2. The molecule has 2 amide bonds. The SMILES string of the molecule is CC(=O)OC/C=C/C1=C(C(=O)OCOC(C)=O)N2C(=O)[C@@H](NC(=O)/C(=N\OC(C)=O)c3csc(N)n3)[C@H]2SC1. The van der Waals surface area contributed by atoms with Gasteiger partial charge in [0.25, 0.3) is 11.8 Å². The lowest BCUT2D eigenvalue weighted by Gasteiger charge is -2.49. The maximum Gasteiger partial charge on any atom is 0.358 e. The monoisotopic (exact) mass is 581 g/mol. The number of aromatic nitrogens is 1. The van der Waals surface area contributed by atoms with Crippen LogP contribution in [0, 0.1) is 0 Å². The predicted octanol–water partition coefficient (Wildman–Crippen LogP) is -0.170. The summed E-state index contributed by atoms with van der Waals surface area (Å²) in [5.41, 5.74) is 5.54. The second kappa shape index (κ2) is 13.0. The molecule has 2 atom stereocenters. The number of esters is 3. The van der Waals surface area contributed by atoms with E-state index in [2.05, 4.69) is 25.0 Å². The largest absolute Gasteiger partial charge is 0.462 e. The van der Waals surface area contributed by atoms with E-state index >= 15 is 0 Å². The number of nitrogens with two attached hydrogens (primary N) is 1. The number of anilines is 1. The molecule has 17 heteroatoms. The van der Waals surface area contributed by atoms with E-state index in [9.17, 15) is 28.8 Å². The molecule has 0 bridgehead atoms. The molecule has 1 fully saturated rings. The molecule has 2 aliphatic rings. The van der Waals surface area contributed by atoms with Gasteiger partial charge in [0, 0.05) is 31.9 Å². The van der Waals surface area contributed by atoms with E-state index in [4.69, 9.17) is 15.2 Å². The van der Waals surface area contributed by atoms with Gasteiger partial charge in [-0.2, -0.15) is 0 Å². The third-order valence-electron chi connectivity index (χ3n) is 4.88. The highest BCUT2D eigenvalue weighted by molar-refractivity contribution is 8.00. The number of nitrogen functional groups attached to an aromatic ring is 1. The number of carbonyl (C=O) groups is 6. The lowest BCUT2D eigenvalue weighted by Crippen LogP contribution is -2.71. The normalized spacial score (nSPS) is 18.7. The topological polar surface area (TPSA) is 206 Å². The summed E-state index contributed by atoms with van der Waals surface area (Å²) in [6, 6.07) is -1.08. The van der Waals surface area contributed by atoms with Crippen LogP contribution in [0.25, 0.3) is 0 Å². The van der Waals surface area contributed by atoms with Crippen LogP contribution in [0.5, 0.6) is 0 Å². The van der Waals surface area contributed by atoms with Crippen molar-refractivity contribution in [2.24, 2.45) is 5.16 Å². The number of thiazole rings is 1. The van der Waals surface area contributed by atoms with Gasteiger partial charge in [0.05, 0.1) is 0 Å². The fourth-order valence-corrected chi connectivity index (χ4v) is 5.14. The molecule has 0 saturated carbocycles. The highest BCUT2D eigenvalue weighted by Crippen LogP contribution is 2.41. The predicted molar refractivity (Wildman–Crippen MR) is 135 cm³/mol. The molecule has 0 radical (unpaired) electrons. The van der Waals surface area contributed by atoms with Crippen LogP contribution in [-0.2, 0) is 47.8 Å². The fourth-order valence-electron chi connectivity index (χ4n) is 3.27. The van der Waals surface area contributed by atoms with Crippen LogP contribution in [0.15, 0.2) is 34.0 Å². The summed E-state index contributed by atoms with van der Waals surface area (Å²) in [6.07, 6.45) is 2.99. The van der Waals surface area contributed by atoms with Crippen molar-refractivity contribution in [2.45, 2.75) is 32.2 Å². The van der Waals surface area contributed by atoms with Gasteiger partial charge in [0.1, 0.15) is 29.4 Å². The summed E-state index contributed by atoms with van der Waals surface area (Å²) in [4.78, 5) is 82.0. The Hall–Kier alpha value is -4.25. The van der Waals surface area contributed by atoms with Crippen LogP contribution >= 0.6 is 23.1 Å². The molecule has 3 N–H and O–H groups in total. The van der Waals surface area contributed by atoms with Crippen LogP contribution in [0.3, 0.4) is 0 Å². The summed E-state index contributed by atoms with van der Waals surface area (Å²) in [5, 5.41) is 6.93. The zero-order chi connectivity index (χ0) is 28.7. The Morgan fingerprint density at radius 2 is 1.87 bits per heavy atom. The van der Waals surface area contributed by atoms with E-state index in [0.29, 0.717) is 5.57 Å². The Bertz CT molecular complexity index is 1290. The Labute approximate surface area is 229 Å². The van der Waals surface area contributed by atoms with E-state index in [1.165, 1.54) is 36.2 Å². The third-order valence-corrected chi connectivity index (χ3v) is 6.85. The highest BCUT2D eigenvalue weighted by atomic mass is 32.2. The van der Waals surface area contributed by atoms with Crippen molar-refractivity contribution >= 4 is 69.6 Å². The Morgan fingerprint density at radius 3 is 2.49 bits per heavy atom. The molecule has 0 unspecified atom stereocenters. The zero-order valence-electron chi connectivity index (χ0n) is 20.8. The molecule has 0 aliphatic carbocycles. The van der Waals surface area contributed by atoms with Crippen LogP contribution in [-0.4, -0.2) is 81.9 Å². The first-order valence-corrected chi connectivity index (χ1v) is 13.0. The van der Waals surface area contributed by atoms with Crippen molar-refractivity contribution in [1.29, 1.82) is 0 Å². The molecule has 0 spiro atoms. The number of nitrogens with one attached hydrogen (secondary N) is 1. The van der Waals surface area contributed by atoms with Crippen LogP contribution in [0.4, 0.5) is 5.13 Å².